The Hall–Kier alpha value is -2.45. The minimum absolute atomic E-state index is 0.226. The second-order valence-electron chi connectivity index (χ2n) is 5.19. The van der Waals surface area contributed by atoms with E-state index in [4.69, 9.17) is 4.42 Å². The van der Waals surface area contributed by atoms with Gasteiger partial charge >= 0.3 is 0 Å². The molecule has 1 N–H and O–H groups in total. The van der Waals surface area contributed by atoms with Crippen LogP contribution in [0.15, 0.2) is 45.7 Å². The van der Waals surface area contributed by atoms with Crippen LogP contribution in [0.1, 0.15) is 11.5 Å². The Morgan fingerprint density at radius 2 is 2.08 bits per heavy atom. The predicted molar refractivity (Wildman–Crippen MR) is 93.8 cm³/mol. The van der Waals surface area contributed by atoms with Crippen LogP contribution in [0.3, 0.4) is 0 Å². The number of rotatable bonds is 4. The standard InChI is InChI=1S/C16H14N2O4S2/c1-10-3-4-11(22-10)5-8-15(19)18-16-17-13-7-6-12(24(2,20)21)9-14(13)23-16/h3-9H,1-2H3,(H,17,18,19)/b8-5+. The summed E-state index contributed by atoms with van der Waals surface area (Å²) in [4.78, 5) is 16.4. The van der Waals surface area contributed by atoms with E-state index < -0.39 is 9.84 Å². The van der Waals surface area contributed by atoms with Crippen molar-refractivity contribution in [1.82, 2.24) is 4.98 Å². The summed E-state index contributed by atoms with van der Waals surface area (Å²) in [5, 5.41) is 3.06. The van der Waals surface area contributed by atoms with Gasteiger partial charge in [-0.2, -0.15) is 0 Å². The lowest BCUT2D eigenvalue weighted by Gasteiger charge is -1.96. The maximum atomic E-state index is 11.9. The molecule has 3 rings (SSSR count). The highest BCUT2D eigenvalue weighted by Gasteiger charge is 2.11. The Labute approximate surface area is 142 Å². The van der Waals surface area contributed by atoms with Gasteiger partial charge in [0.2, 0.25) is 5.91 Å². The number of carbonyl (C=O) groups excluding carboxylic acids is 1. The number of nitrogens with one attached hydrogen (secondary N) is 1. The van der Waals surface area contributed by atoms with Crippen molar-refractivity contribution < 1.29 is 17.6 Å². The fourth-order valence-corrected chi connectivity index (χ4v) is 3.67. The summed E-state index contributed by atoms with van der Waals surface area (Å²) in [5.74, 6) is 1.01. The Bertz CT molecular complexity index is 1050. The summed E-state index contributed by atoms with van der Waals surface area (Å²) in [6.45, 7) is 1.82. The van der Waals surface area contributed by atoms with E-state index in [1.165, 1.54) is 23.5 Å². The fraction of sp³-hybridized carbons (Fsp3) is 0.125. The SMILES string of the molecule is Cc1ccc(/C=C/C(=O)Nc2nc3ccc(S(C)(=O)=O)cc3s2)o1. The molecule has 8 heteroatoms. The monoisotopic (exact) mass is 362 g/mol. The number of nitrogens with zero attached hydrogens (tertiary/aromatic N) is 1. The summed E-state index contributed by atoms with van der Waals surface area (Å²) < 4.78 is 29.2. The Morgan fingerprint density at radius 3 is 2.75 bits per heavy atom. The maximum absolute atomic E-state index is 11.9. The summed E-state index contributed by atoms with van der Waals surface area (Å²) in [6.07, 6.45) is 4.07. The molecular weight excluding hydrogens is 348 g/mol. The van der Waals surface area contributed by atoms with Crippen molar-refractivity contribution >= 4 is 48.5 Å². The molecule has 0 saturated carbocycles. The molecule has 1 aromatic carbocycles. The van der Waals surface area contributed by atoms with Gasteiger partial charge in [0.1, 0.15) is 11.5 Å². The molecule has 0 spiro atoms. The zero-order valence-electron chi connectivity index (χ0n) is 12.9. The van der Waals surface area contributed by atoms with Gasteiger partial charge in [0.25, 0.3) is 0 Å². The van der Waals surface area contributed by atoms with E-state index in [1.807, 2.05) is 13.0 Å². The van der Waals surface area contributed by atoms with Crippen molar-refractivity contribution in [1.29, 1.82) is 0 Å². The second-order valence-corrected chi connectivity index (χ2v) is 8.24. The number of aryl methyl sites for hydroxylation is 1. The summed E-state index contributed by atoms with van der Waals surface area (Å²) in [5.41, 5.74) is 0.633. The Morgan fingerprint density at radius 1 is 1.29 bits per heavy atom. The molecule has 0 saturated heterocycles. The van der Waals surface area contributed by atoms with Crippen LogP contribution < -0.4 is 5.32 Å². The quantitative estimate of drug-likeness (QED) is 0.720. The number of amides is 1. The van der Waals surface area contributed by atoms with Crippen molar-refractivity contribution in [2.75, 3.05) is 11.6 Å². The third-order valence-corrected chi connectivity index (χ3v) is 5.22. The molecule has 0 atom stereocenters. The molecule has 0 bridgehead atoms. The lowest BCUT2D eigenvalue weighted by atomic mass is 10.3. The van der Waals surface area contributed by atoms with Gasteiger partial charge < -0.3 is 4.42 Å². The van der Waals surface area contributed by atoms with Gasteiger partial charge in [0, 0.05) is 12.3 Å². The van der Waals surface area contributed by atoms with E-state index in [0.717, 1.165) is 12.0 Å². The minimum Gasteiger partial charge on any atom is -0.462 e. The zero-order chi connectivity index (χ0) is 17.3. The number of furan rings is 1. The number of hydrogen-bond acceptors (Lipinski definition) is 6. The van der Waals surface area contributed by atoms with Crippen LogP contribution >= 0.6 is 11.3 Å². The predicted octanol–water partition coefficient (Wildman–Crippen LogP) is 3.25. The van der Waals surface area contributed by atoms with Crippen LogP contribution in [-0.2, 0) is 14.6 Å². The molecule has 24 heavy (non-hydrogen) atoms. The highest BCUT2D eigenvalue weighted by atomic mass is 32.2. The van der Waals surface area contributed by atoms with Crippen molar-refractivity contribution in [3.05, 3.63) is 47.9 Å². The number of hydrogen-bond donors (Lipinski definition) is 1. The van der Waals surface area contributed by atoms with E-state index >= 15 is 0 Å². The average Bonchev–Trinajstić information content (AvgIpc) is 3.08. The normalized spacial score (nSPS) is 12.1. The molecule has 2 heterocycles. The van der Waals surface area contributed by atoms with Gasteiger partial charge in [-0.25, -0.2) is 13.4 Å². The minimum atomic E-state index is -3.28. The molecule has 0 aliphatic carbocycles. The van der Waals surface area contributed by atoms with Crippen LogP contribution in [0.4, 0.5) is 5.13 Å². The first-order valence-electron chi connectivity index (χ1n) is 6.97. The molecular formula is C16H14N2O4S2. The lowest BCUT2D eigenvalue weighted by molar-refractivity contribution is -0.111. The smallest absolute Gasteiger partial charge is 0.250 e. The van der Waals surface area contributed by atoms with E-state index in [0.29, 0.717) is 21.1 Å². The van der Waals surface area contributed by atoms with Crippen LogP contribution in [-0.4, -0.2) is 25.6 Å². The number of fused-ring (bicyclic) bond motifs is 1. The summed E-state index contributed by atoms with van der Waals surface area (Å²) in [6, 6.07) is 8.26. The molecule has 6 nitrogen and oxygen atoms in total. The topological polar surface area (TPSA) is 89.3 Å². The van der Waals surface area contributed by atoms with Crippen LogP contribution in [0, 0.1) is 6.92 Å². The van der Waals surface area contributed by atoms with E-state index in [2.05, 4.69) is 10.3 Å². The van der Waals surface area contributed by atoms with E-state index in [9.17, 15) is 13.2 Å². The average molecular weight is 362 g/mol. The van der Waals surface area contributed by atoms with Crippen molar-refractivity contribution in [3.8, 4) is 0 Å². The molecule has 0 unspecified atom stereocenters. The Kier molecular flexibility index (Phi) is 4.25. The van der Waals surface area contributed by atoms with Crippen molar-refractivity contribution in [3.63, 3.8) is 0 Å². The lowest BCUT2D eigenvalue weighted by Crippen LogP contribution is -2.07. The number of carbonyl (C=O) groups is 1. The molecule has 2 aromatic heterocycles. The number of sulfone groups is 1. The molecule has 0 aliphatic rings. The fourth-order valence-electron chi connectivity index (χ4n) is 2.04. The van der Waals surface area contributed by atoms with Crippen LogP contribution in [0.5, 0.6) is 0 Å². The first-order valence-corrected chi connectivity index (χ1v) is 9.68. The van der Waals surface area contributed by atoms with Gasteiger partial charge in [-0.05, 0) is 43.3 Å². The number of thiazole rings is 1. The number of anilines is 1. The van der Waals surface area contributed by atoms with Gasteiger partial charge in [-0.15, -0.1) is 0 Å². The third-order valence-electron chi connectivity index (χ3n) is 3.18. The highest BCUT2D eigenvalue weighted by molar-refractivity contribution is 7.90. The van der Waals surface area contributed by atoms with Crippen LogP contribution in [0.25, 0.3) is 16.3 Å². The van der Waals surface area contributed by atoms with E-state index in [-0.39, 0.29) is 10.8 Å². The summed E-state index contributed by atoms with van der Waals surface area (Å²) >= 11 is 1.22. The number of benzene rings is 1. The zero-order valence-corrected chi connectivity index (χ0v) is 14.6. The van der Waals surface area contributed by atoms with Gasteiger partial charge in [-0.3, -0.25) is 10.1 Å². The molecule has 0 aliphatic heterocycles. The first kappa shape index (κ1) is 16.4. The summed E-state index contributed by atoms with van der Waals surface area (Å²) in [7, 11) is -3.28. The Balaban J connectivity index is 1.77. The molecule has 3 aromatic rings. The molecule has 1 amide bonds. The molecule has 0 radical (unpaired) electrons. The van der Waals surface area contributed by atoms with Gasteiger partial charge in [-0.1, -0.05) is 11.3 Å². The third kappa shape index (κ3) is 3.72. The van der Waals surface area contributed by atoms with Gasteiger partial charge in [0.05, 0.1) is 15.1 Å². The van der Waals surface area contributed by atoms with Crippen molar-refractivity contribution in [2.45, 2.75) is 11.8 Å². The first-order chi connectivity index (χ1) is 11.3. The maximum Gasteiger partial charge on any atom is 0.250 e. The largest absolute Gasteiger partial charge is 0.462 e. The second kappa shape index (κ2) is 6.21. The van der Waals surface area contributed by atoms with Crippen LogP contribution in [0.2, 0.25) is 0 Å². The van der Waals surface area contributed by atoms with Gasteiger partial charge in [0.15, 0.2) is 15.0 Å². The highest BCUT2D eigenvalue weighted by Crippen LogP contribution is 2.28. The molecule has 124 valence electrons. The number of aromatic nitrogens is 1. The molecule has 0 fully saturated rings. The van der Waals surface area contributed by atoms with E-state index in [1.54, 1.807) is 24.3 Å². The van der Waals surface area contributed by atoms with Crippen molar-refractivity contribution in [2.24, 2.45) is 0 Å².